The Hall–Kier alpha value is -2.10. The molecule has 0 spiro atoms. The molecule has 1 saturated carbocycles. The predicted molar refractivity (Wildman–Crippen MR) is 104 cm³/mol. The maximum Gasteiger partial charge on any atom is 0.225 e. The molecule has 1 aromatic heterocycles. The number of fused-ring (bicyclic) bond motifs is 1. The molecular formula is C22H28N2O2. The molecule has 0 bridgehead atoms. The molecule has 26 heavy (non-hydrogen) atoms. The van der Waals surface area contributed by atoms with Gasteiger partial charge < -0.3 is 9.64 Å². The van der Waals surface area contributed by atoms with Crippen molar-refractivity contribution in [3.05, 3.63) is 35.7 Å². The number of ether oxygens (including phenoxy) is 1. The smallest absolute Gasteiger partial charge is 0.225 e. The summed E-state index contributed by atoms with van der Waals surface area (Å²) in [7, 11) is 1.71. The fraction of sp³-hybridized carbons (Fsp3) is 0.545. The Balaban J connectivity index is 1.58. The van der Waals surface area contributed by atoms with Crippen molar-refractivity contribution in [2.24, 2.45) is 5.92 Å². The number of likely N-dealkylation sites (tertiary alicyclic amines) is 1. The van der Waals surface area contributed by atoms with Gasteiger partial charge >= 0.3 is 0 Å². The number of carbonyl (C=O) groups excluding carboxylic acids is 1. The topological polar surface area (TPSA) is 42.4 Å². The van der Waals surface area contributed by atoms with Crippen molar-refractivity contribution in [1.29, 1.82) is 0 Å². The van der Waals surface area contributed by atoms with Crippen LogP contribution in [-0.2, 0) is 4.79 Å². The molecule has 1 aliphatic heterocycles. The highest BCUT2D eigenvalue weighted by Gasteiger charge is 2.31. The minimum absolute atomic E-state index is 0.268. The molecule has 4 rings (SSSR count). The Labute approximate surface area is 155 Å². The fourth-order valence-electron chi connectivity index (χ4n) is 4.66. The van der Waals surface area contributed by atoms with Crippen molar-refractivity contribution < 1.29 is 9.53 Å². The molecule has 4 nitrogen and oxygen atoms in total. The van der Waals surface area contributed by atoms with E-state index in [9.17, 15) is 4.79 Å². The first-order chi connectivity index (χ1) is 12.7. The third-order valence-electron chi connectivity index (χ3n) is 6.22. The van der Waals surface area contributed by atoms with Crippen molar-refractivity contribution in [3.63, 3.8) is 0 Å². The number of carbonyl (C=O) groups is 1. The van der Waals surface area contributed by atoms with Crippen LogP contribution in [0.15, 0.2) is 24.4 Å². The summed E-state index contributed by atoms with van der Waals surface area (Å²) < 4.78 is 5.47. The van der Waals surface area contributed by atoms with E-state index < -0.39 is 0 Å². The van der Waals surface area contributed by atoms with E-state index in [1.54, 1.807) is 7.11 Å². The number of hydrogen-bond acceptors (Lipinski definition) is 3. The average Bonchev–Trinajstić information content (AvgIpc) is 3.22. The van der Waals surface area contributed by atoms with Crippen LogP contribution in [0.25, 0.3) is 10.8 Å². The van der Waals surface area contributed by atoms with Crippen molar-refractivity contribution in [2.75, 3.05) is 20.2 Å². The summed E-state index contributed by atoms with van der Waals surface area (Å²) in [6, 6.07) is 6.28. The first-order valence-electron chi connectivity index (χ1n) is 9.89. The molecule has 1 aliphatic carbocycles. The van der Waals surface area contributed by atoms with Crippen molar-refractivity contribution in [3.8, 4) is 5.75 Å². The Morgan fingerprint density at radius 1 is 1.19 bits per heavy atom. The van der Waals surface area contributed by atoms with Crippen LogP contribution in [0.4, 0.5) is 0 Å². The van der Waals surface area contributed by atoms with E-state index >= 15 is 0 Å². The molecule has 1 aromatic carbocycles. The molecule has 2 heterocycles. The SMILES string of the molecule is COc1ccc2cnc([C@@H]3CCCN(C(=O)C4CCCC4)C3)cc2c1C. The lowest BCUT2D eigenvalue weighted by Gasteiger charge is -2.34. The van der Waals surface area contributed by atoms with Crippen LogP contribution in [0.2, 0.25) is 0 Å². The number of hydrogen-bond donors (Lipinski definition) is 0. The van der Waals surface area contributed by atoms with E-state index in [-0.39, 0.29) is 5.92 Å². The van der Waals surface area contributed by atoms with Gasteiger partial charge in [0.2, 0.25) is 5.91 Å². The Bertz CT molecular complexity index is 811. The van der Waals surface area contributed by atoms with Gasteiger partial charge in [-0.1, -0.05) is 12.8 Å². The maximum atomic E-state index is 12.8. The van der Waals surface area contributed by atoms with E-state index in [1.807, 2.05) is 12.3 Å². The lowest BCUT2D eigenvalue weighted by atomic mass is 9.91. The molecule has 0 unspecified atom stereocenters. The summed E-state index contributed by atoms with van der Waals surface area (Å²) in [6.07, 6.45) is 8.72. The zero-order chi connectivity index (χ0) is 18.1. The lowest BCUT2D eigenvalue weighted by molar-refractivity contribution is -0.136. The number of pyridine rings is 1. The van der Waals surface area contributed by atoms with Gasteiger partial charge in [0.25, 0.3) is 0 Å². The molecule has 4 heteroatoms. The standard InChI is InChI=1S/C22H28N2O2/c1-15-19-12-20(23-13-17(19)9-10-21(15)26-2)18-8-5-11-24(14-18)22(25)16-6-3-4-7-16/h9-10,12-13,16,18H,3-8,11,14H2,1-2H3/t18-/m1/s1. The van der Waals surface area contributed by atoms with Crippen LogP contribution in [0.1, 0.15) is 55.7 Å². The lowest BCUT2D eigenvalue weighted by Crippen LogP contribution is -2.42. The molecular weight excluding hydrogens is 324 g/mol. The third kappa shape index (κ3) is 3.17. The van der Waals surface area contributed by atoms with Gasteiger partial charge in [-0.05, 0) is 61.8 Å². The number of rotatable bonds is 3. The van der Waals surface area contributed by atoms with Crippen molar-refractivity contribution >= 4 is 16.7 Å². The van der Waals surface area contributed by atoms with Crippen LogP contribution in [0, 0.1) is 12.8 Å². The first-order valence-corrected chi connectivity index (χ1v) is 9.89. The number of amides is 1. The zero-order valence-corrected chi connectivity index (χ0v) is 15.8. The van der Waals surface area contributed by atoms with E-state index in [4.69, 9.17) is 9.72 Å². The minimum atomic E-state index is 0.268. The summed E-state index contributed by atoms with van der Waals surface area (Å²) in [4.78, 5) is 19.7. The van der Waals surface area contributed by atoms with Gasteiger partial charge in [-0.15, -0.1) is 0 Å². The molecule has 2 aromatic rings. The highest BCUT2D eigenvalue weighted by atomic mass is 16.5. The highest BCUT2D eigenvalue weighted by molar-refractivity contribution is 5.87. The van der Waals surface area contributed by atoms with Crippen LogP contribution in [-0.4, -0.2) is 36.0 Å². The Kier molecular flexibility index (Phi) is 4.84. The van der Waals surface area contributed by atoms with Crippen molar-refractivity contribution in [1.82, 2.24) is 9.88 Å². The summed E-state index contributed by atoms with van der Waals surface area (Å²) in [5, 5.41) is 2.34. The average molecular weight is 352 g/mol. The van der Waals surface area contributed by atoms with E-state index in [1.165, 1.54) is 18.2 Å². The largest absolute Gasteiger partial charge is 0.496 e. The predicted octanol–water partition coefficient (Wildman–Crippen LogP) is 4.45. The molecule has 0 radical (unpaired) electrons. The van der Waals surface area contributed by atoms with E-state index in [0.29, 0.717) is 11.8 Å². The second-order valence-corrected chi connectivity index (χ2v) is 7.83. The Morgan fingerprint density at radius 3 is 2.77 bits per heavy atom. The van der Waals surface area contributed by atoms with Crippen LogP contribution in [0.5, 0.6) is 5.75 Å². The number of aryl methyl sites for hydroxylation is 1. The maximum absolute atomic E-state index is 12.8. The monoisotopic (exact) mass is 352 g/mol. The number of methoxy groups -OCH3 is 1. The van der Waals surface area contributed by atoms with Gasteiger partial charge in [0, 0.05) is 42.2 Å². The third-order valence-corrected chi connectivity index (χ3v) is 6.22. The number of nitrogens with zero attached hydrogens (tertiary/aromatic N) is 2. The second kappa shape index (κ2) is 7.26. The number of piperidine rings is 1. The van der Waals surface area contributed by atoms with Crippen molar-refractivity contribution in [2.45, 2.75) is 51.4 Å². The van der Waals surface area contributed by atoms with Crippen LogP contribution < -0.4 is 4.74 Å². The molecule has 138 valence electrons. The molecule has 0 N–H and O–H groups in total. The molecule has 1 saturated heterocycles. The van der Waals surface area contributed by atoms with Gasteiger partial charge in [-0.3, -0.25) is 9.78 Å². The highest BCUT2D eigenvalue weighted by Crippen LogP contribution is 2.33. The molecule has 1 amide bonds. The number of benzene rings is 1. The van der Waals surface area contributed by atoms with E-state index in [0.717, 1.165) is 61.2 Å². The molecule has 2 aliphatic rings. The summed E-state index contributed by atoms with van der Waals surface area (Å²) in [5.41, 5.74) is 2.26. The first kappa shape index (κ1) is 17.3. The zero-order valence-electron chi connectivity index (χ0n) is 15.8. The van der Waals surface area contributed by atoms with E-state index in [2.05, 4.69) is 24.0 Å². The fourth-order valence-corrected chi connectivity index (χ4v) is 4.66. The van der Waals surface area contributed by atoms with Gasteiger partial charge in [-0.25, -0.2) is 0 Å². The quantitative estimate of drug-likeness (QED) is 0.820. The Morgan fingerprint density at radius 2 is 2.00 bits per heavy atom. The van der Waals surface area contributed by atoms with Gasteiger partial charge in [-0.2, -0.15) is 0 Å². The van der Waals surface area contributed by atoms with Crippen LogP contribution >= 0.6 is 0 Å². The normalized spacial score (nSPS) is 21.3. The minimum Gasteiger partial charge on any atom is -0.496 e. The molecule has 2 fully saturated rings. The summed E-state index contributed by atoms with van der Waals surface area (Å²) >= 11 is 0. The van der Waals surface area contributed by atoms with Gasteiger partial charge in [0.1, 0.15) is 5.75 Å². The summed E-state index contributed by atoms with van der Waals surface area (Å²) in [6.45, 7) is 3.82. The number of aromatic nitrogens is 1. The second-order valence-electron chi connectivity index (χ2n) is 7.83. The van der Waals surface area contributed by atoms with Gasteiger partial charge in [0.05, 0.1) is 7.11 Å². The van der Waals surface area contributed by atoms with Crippen LogP contribution in [0.3, 0.4) is 0 Å². The summed E-state index contributed by atoms with van der Waals surface area (Å²) in [5.74, 6) is 1.90. The van der Waals surface area contributed by atoms with Gasteiger partial charge in [0.15, 0.2) is 0 Å². The molecule has 1 atom stereocenters.